The number of hydrogen-bond acceptors (Lipinski definition) is 3. The Bertz CT molecular complexity index is 703. The third-order valence-corrected chi connectivity index (χ3v) is 4.62. The Morgan fingerprint density at radius 1 is 1.35 bits per heavy atom. The zero-order valence-electron chi connectivity index (χ0n) is 11.2. The van der Waals surface area contributed by atoms with Crippen LogP contribution in [0.5, 0.6) is 0 Å². The normalized spacial score (nSPS) is 26.8. The Morgan fingerprint density at radius 3 is 2.90 bits per heavy atom. The Morgan fingerprint density at radius 2 is 2.15 bits per heavy atom. The summed E-state index contributed by atoms with van der Waals surface area (Å²) >= 11 is 0. The first-order chi connectivity index (χ1) is 9.66. The lowest BCUT2D eigenvalue weighted by atomic mass is 9.92. The van der Waals surface area contributed by atoms with Gasteiger partial charge in [-0.3, -0.25) is 0 Å². The zero-order chi connectivity index (χ0) is 13.9. The van der Waals surface area contributed by atoms with Crippen molar-refractivity contribution in [2.24, 2.45) is 5.92 Å². The summed E-state index contributed by atoms with van der Waals surface area (Å²) < 4.78 is 5.50. The van der Waals surface area contributed by atoms with Crippen molar-refractivity contribution in [3.63, 3.8) is 0 Å². The topological polar surface area (TPSA) is 63.3 Å². The van der Waals surface area contributed by atoms with Crippen molar-refractivity contribution in [1.82, 2.24) is 4.98 Å². The van der Waals surface area contributed by atoms with Crippen molar-refractivity contribution >= 4 is 5.97 Å². The van der Waals surface area contributed by atoms with E-state index in [1.165, 1.54) is 11.1 Å². The maximum Gasteiger partial charge on any atom is 0.373 e. The van der Waals surface area contributed by atoms with Crippen molar-refractivity contribution < 1.29 is 14.3 Å². The largest absolute Gasteiger partial charge is 0.475 e. The molecule has 1 heterocycles. The molecule has 0 spiro atoms. The van der Waals surface area contributed by atoms with Crippen LogP contribution in [0.15, 0.2) is 28.7 Å². The molecule has 1 aromatic carbocycles. The van der Waals surface area contributed by atoms with Crippen molar-refractivity contribution in [1.29, 1.82) is 0 Å². The maximum absolute atomic E-state index is 11.1. The van der Waals surface area contributed by atoms with Gasteiger partial charge in [0.05, 0.1) is 5.69 Å². The molecule has 0 amide bonds. The van der Waals surface area contributed by atoms with Gasteiger partial charge < -0.3 is 9.52 Å². The molecule has 0 bridgehead atoms. The van der Waals surface area contributed by atoms with E-state index >= 15 is 0 Å². The third kappa shape index (κ3) is 1.54. The van der Waals surface area contributed by atoms with Crippen LogP contribution in [0.25, 0.3) is 0 Å². The summed E-state index contributed by atoms with van der Waals surface area (Å²) in [6.07, 6.45) is 2.23. The van der Waals surface area contributed by atoms with Gasteiger partial charge in [0.1, 0.15) is 0 Å². The first-order valence-corrected chi connectivity index (χ1v) is 6.95. The molecular formula is C16H15NO3. The summed E-state index contributed by atoms with van der Waals surface area (Å²) in [4.78, 5) is 15.4. The number of aromatic nitrogens is 1. The second-order valence-corrected chi connectivity index (χ2v) is 5.72. The van der Waals surface area contributed by atoms with Gasteiger partial charge in [0, 0.05) is 5.92 Å². The lowest BCUT2D eigenvalue weighted by Crippen LogP contribution is -2.00. The number of benzene rings is 1. The molecule has 2 aromatic rings. The summed E-state index contributed by atoms with van der Waals surface area (Å²) in [5.74, 6) is 0.823. The number of rotatable bonds is 2. The monoisotopic (exact) mass is 269 g/mol. The predicted octanol–water partition coefficient (Wildman–Crippen LogP) is 3.12. The summed E-state index contributed by atoms with van der Waals surface area (Å²) in [7, 11) is 0. The van der Waals surface area contributed by atoms with E-state index in [9.17, 15) is 4.79 Å². The van der Waals surface area contributed by atoms with E-state index in [4.69, 9.17) is 9.52 Å². The molecule has 20 heavy (non-hydrogen) atoms. The van der Waals surface area contributed by atoms with E-state index in [1.54, 1.807) is 6.92 Å². The zero-order valence-corrected chi connectivity index (χ0v) is 11.2. The quantitative estimate of drug-likeness (QED) is 0.909. The molecule has 0 aliphatic heterocycles. The number of aryl methyl sites for hydroxylation is 2. The standard InChI is InChI=1S/C16H15NO3/c1-8-14(16(18)19)20-15(17-8)13-11-7-6-9-4-2-3-5-10(9)12(11)13/h2-5,11-13H,6-7H2,1H3,(H,18,19). The molecule has 4 rings (SSSR count). The molecule has 1 N–H and O–H groups in total. The van der Waals surface area contributed by atoms with Crippen LogP contribution in [0.3, 0.4) is 0 Å². The average molecular weight is 269 g/mol. The summed E-state index contributed by atoms with van der Waals surface area (Å²) in [6.45, 7) is 1.69. The smallest absolute Gasteiger partial charge is 0.373 e. The minimum Gasteiger partial charge on any atom is -0.475 e. The van der Waals surface area contributed by atoms with Crippen molar-refractivity contribution in [3.8, 4) is 0 Å². The molecule has 102 valence electrons. The first-order valence-electron chi connectivity index (χ1n) is 6.95. The van der Waals surface area contributed by atoms with E-state index in [1.807, 2.05) is 0 Å². The molecule has 2 aliphatic carbocycles. The molecule has 1 aromatic heterocycles. The van der Waals surface area contributed by atoms with Crippen LogP contribution in [0.4, 0.5) is 0 Å². The number of carbonyl (C=O) groups is 1. The number of hydrogen-bond donors (Lipinski definition) is 1. The van der Waals surface area contributed by atoms with Crippen LogP contribution in [-0.2, 0) is 6.42 Å². The number of carboxylic acids is 1. The van der Waals surface area contributed by atoms with E-state index in [0.29, 0.717) is 23.4 Å². The molecule has 1 fully saturated rings. The highest BCUT2D eigenvalue weighted by molar-refractivity contribution is 5.85. The minimum atomic E-state index is -1.04. The lowest BCUT2D eigenvalue weighted by molar-refractivity contribution is 0.0659. The molecular weight excluding hydrogens is 254 g/mol. The highest BCUT2D eigenvalue weighted by Gasteiger charge is 2.56. The summed E-state index contributed by atoms with van der Waals surface area (Å²) in [6, 6.07) is 8.51. The van der Waals surface area contributed by atoms with Crippen molar-refractivity contribution in [3.05, 3.63) is 52.7 Å². The Labute approximate surface area is 116 Å². The molecule has 0 saturated heterocycles. The van der Waals surface area contributed by atoms with Gasteiger partial charge in [0.15, 0.2) is 5.89 Å². The molecule has 0 radical (unpaired) electrons. The summed E-state index contributed by atoms with van der Waals surface area (Å²) in [5, 5.41) is 9.06. The van der Waals surface area contributed by atoms with Gasteiger partial charge in [-0.15, -0.1) is 0 Å². The first kappa shape index (κ1) is 11.7. The fraction of sp³-hybridized carbons (Fsp3) is 0.375. The Kier molecular flexibility index (Phi) is 2.31. The van der Waals surface area contributed by atoms with Crippen molar-refractivity contribution in [2.75, 3.05) is 0 Å². The fourth-order valence-corrected chi connectivity index (χ4v) is 3.66. The lowest BCUT2D eigenvalue weighted by Gasteiger charge is -2.13. The van der Waals surface area contributed by atoms with Crippen LogP contribution in [-0.4, -0.2) is 16.1 Å². The predicted molar refractivity (Wildman–Crippen MR) is 71.9 cm³/mol. The van der Waals surface area contributed by atoms with Crippen LogP contribution < -0.4 is 0 Å². The molecule has 1 saturated carbocycles. The number of fused-ring (bicyclic) bond motifs is 3. The second kappa shape index (κ2) is 3.95. The van der Waals surface area contributed by atoms with Crippen LogP contribution >= 0.6 is 0 Å². The molecule has 3 atom stereocenters. The number of nitrogens with zero attached hydrogens (tertiary/aromatic N) is 1. The highest BCUT2D eigenvalue weighted by atomic mass is 16.4. The van der Waals surface area contributed by atoms with Gasteiger partial charge in [-0.25, -0.2) is 9.78 Å². The maximum atomic E-state index is 11.1. The second-order valence-electron chi connectivity index (χ2n) is 5.72. The van der Waals surface area contributed by atoms with E-state index in [2.05, 4.69) is 29.2 Å². The molecule has 3 unspecified atom stereocenters. The van der Waals surface area contributed by atoms with Gasteiger partial charge in [-0.05, 0) is 42.7 Å². The Hall–Kier alpha value is -2.10. The van der Waals surface area contributed by atoms with Gasteiger partial charge in [0.2, 0.25) is 5.76 Å². The number of carboxylic acid groups (broad SMARTS) is 1. The SMILES string of the molecule is Cc1nc(C2C3CCc4ccccc4C32)oc1C(=O)O. The number of aromatic carboxylic acids is 1. The molecule has 4 nitrogen and oxygen atoms in total. The van der Waals surface area contributed by atoms with Crippen LogP contribution in [0, 0.1) is 12.8 Å². The molecule has 4 heteroatoms. The van der Waals surface area contributed by atoms with Gasteiger partial charge in [-0.2, -0.15) is 0 Å². The fourth-order valence-electron chi connectivity index (χ4n) is 3.66. The van der Waals surface area contributed by atoms with Crippen molar-refractivity contribution in [2.45, 2.75) is 31.6 Å². The third-order valence-electron chi connectivity index (χ3n) is 4.62. The average Bonchev–Trinajstić information content (AvgIpc) is 3.06. The van der Waals surface area contributed by atoms with Gasteiger partial charge >= 0.3 is 5.97 Å². The van der Waals surface area contributed by atoms with E-state index < -0.39 is 5.97 Å². The number of oxazole rings is 1. The Balaban J connectivity index is 1.70. The minimum absolute atomic E-state index is 0.0167. The highest BCUT2D eigenvalue weighted by Crippen LogP contribution is 2.64. The van der Waals surface area contributed by atoms with E-state index in [0.717, 1.165) is 12.8 Å². The van der Waals surface area contributed by atoms with E-state index in [-0.39, 0.29) is 11.7 Å². The van der Waals surface area contributed by atoms with Gasteiger partial charge in [-0.1, -0.05) is 24.3 Å². The summed E-state index contributed by atoms with van der Waals surface area (Å²) in [5.41, 5.74) is 3.28. The van der Waals surface area contributed by atoms with Crippen LogP contribution in [0.1, 0.15) is 51.5 Å². The van der Waals surface area contributed by atoms with Crippen LogP contribution in [0.2, 0.25) is 0 Å². The van der Waals surface area contributed by atoms with Gasteiger partial charge in [0.25, 0.3) is 0 Å². The molecule has 2 aliphatic rings.